The Morgan fingerprint density at radius 1 is 1.20 bits per heavy atom. The first-order valence-corrected chi connectivity index (χ1v) is 8.69. The van der Waals surface area contributed by atoms with E-state index in [9.17, 15) is 8.42 Å². The van der Waals surface area contributed by atoms with Gasteiger partial charge in [-0.05, 0) is 23.6 Å². The summed E-state index contributed by atoms with van der Waals surface area (Å²) in [5, 5.41) is 11.2. The molecule has 0 aliphatic heterocycles. The fourth-order valence-electron chi connectivity index (χ4n) is 1.51. The number of hydrogen-bond donors (Lipinski definition) is 2. The number of nitrogens with one attached hydrogen (secondary N) is 1. The second kappa shape index (κ2) is 6.09. The lowest BCUT2D eigenvalue weighted by atomic mass is 10.3. The van der Waals surface area contributed by atoms with Crippen LogP contribution in [0.2, 0.25) is 15.1 Å². The summed E-state index contributed by atoms with van der Waals surface area (Å²) in [6.45, 7) is -0.365. The number of aliphatic hydroxyl groups excluding tert-OH is 1. The zero-order chi connectivity index (χ0) is 14.9. The summed E-state index contributed by atoms with van der Waals surface area (Å²) in [6, 6.07) is 4.16. The minimum absolute atomic E-state index is 0.00733. The molecule has 0 unspecified atom stereocenters. The highest BCUT2D eigenvalue weighted by Crippen LogP contribution is 2.35. The predicted octanol–water partition coefficient (Wildman–Crippen LogP) is 4.00. The Kier molecular flexibility index (Phi) is 4.84. The molecule has 0 fully saturated rings. The molecule has 0 amide bonds. The largest absolute Gasteiger partial charge is 0.391 e. The number of hydrogen-bond acceptors (Lipinski definition) is 4. The summed E-state index contributed by atoms with van der Waals surface area (Å²) in [5.41, 5.74) is 0.0489. The van der Waals surface area contributed by atoms with E-state index in [1.54, 1.807) is 5.38 Å². The van der Waals surface area contributed by atoms with Crippen molar-refractivity contribution >= 4 is 61.9 Å². The van der Waals surface area contributed by atoms with Crippen LogP contribution in [0.1, 0.15) is 4.88 Å². The predicted molar refractivity (Wildman–Crippen MR) is 82.5 cm³/mol. The molecule has 0 aliphatic rings. The number of rotatable bonds is 4. The third kappa shape index (κ3) is 3.21. The van der Waals surface area contributed by atoms with Crippen molar-refractivity contribution in [1.29, 1.82) is 0 Å². The summed E-state index contributed by atoms with van der Waals surface area (Å²) in [6.07, 6.45) is 0. The molecule has 1 aromatic carbocycles. The molecular formula is C11H8Cl3NO3S2. The van der Waals surface area contributed by atoms with Crippen molar-refractivity contribution < 1.29 is 13.5 Å². The Morgan fingerprint density at radius 3 is 2.35 bits per heavy atom. The van der Waals surface area contributed by atoms with Crippen LogP contribution in [0.15, 0.2) is 28.5 Å². The maximum atomic E-state index is 12.3. The summed E-state index contributed by atoms with van der Waals surface area (Å²) >= 11 is 18.8. The van der Waals surface area contributed by atoms with E-state index in [1.165, 1.54) is 18.2 Å². The number of halogens is 3. The molecule has 4 nitrogen and oxygen atoms in total. The standard InChI is InChI=1S/C11H8Cl3NO3S2/c12-6-3-7(13)11(8(14)4-6)15-20(17,18)10-1-2-19-9(10)5-16/h1-4,15-16H,5H2. The molecule has 2 aromatic rings. The Balaban J connectivity index is 2.44. The third-order valence-electron chi connectivity index (χ3n) is 2.38. The van der Waals surface area contributed by atoms with E-state index in [0.29, 0.717) is 9.90 Å². The molecule has 0 saturated carbocycles. The highest BCUT2D eigenvalue weighted by Gasteiger charge is 2.22. The second-order valence-corrected chi connectivity index (χ2v) is 7.62. The van der Waals surface area contributed by atoms with Crippen molar-refractivity contribution in [2.24, 2.45) is 0 Å². The van der Waals surface area contributed by atoms with Gasteiger partial charge in [0.2, 0.25) is 0 Å². The van der Waals surface area contributed by atoms with Crippen molar-refractivity contribution in [3.63, 3.8) is 0 Å². The van der Waals surface area contributed by atoms with Crippen LogP contribution in [0.25, 0.3) is 0 Å². The molecule has 20 heavy (non-hydrogen) atoms. The van der Waals surface area contributed by atoms with Crippen molar-refractivity contribution in [2.75, 3.05) is 4.72 Å². The van der Waals surface area contributed by atoms with Gasteiger partial charge in [-0.2, -0.15) is 0 Å². The fourth-order valence-corrected chi connectivity index (χ4v) is 4.93. The molecule has 1 heterocycles. The highest BCUT2D eigenvalue weighted by atomic mass is 35.5. The van der Waals surface area contributed by atoms with Gasteiger partial charge in [-0.25, -0.2) is 8.42 Å². The van der Waals surface area contributed by atoms with Gasteiger partial charge in [0.05, 0.1) is 27.2 Å². The molecule has 0 bridgehead atoms. The van der Waals surface area contributed by atoms with Crippen molar-refractivity contribution in [3.05, 3.63) is 43.5 Å². The van der Waals surface area contributed by atoms with Crippen LogP contribution in [0.3, 0.4) is 0 Å². The van der Waals surface area contributed by atoms with Gasteiger partial charge in [0.15, 0.2) is 0 Å². The smallest absolute Gasteiger partial charge is 0.263 e. The zero-order valence-electron chi connectivity index (χ0n) is 9.73. The van der Waals surface area contributed by atoms with Gasteiger partial charge in [0.25, 0.3) is 10.0 Å². The quantitative estimate of drug-likeness (QED) is 0.852. The number of anilines is 1. The molecule has 0 atom stereocenters. The van der Waals surface area contributed by atoms with Gasteiger partial charge in [-0.1, -0.05) is 34.8 Å². The third-order valence-corrected chi connectivity index (χ3v) is 5.66. The van der Waals surface area contributed by atoms with Crippen molar-refractivity contribution in [2.45, 2.75) is 11.5 Å². The van der Waals surface area contributed by atoms with E-state index in [1.807, 2.05) is 0 Å². The fraction of sp³-hybridized carbons (Fsp3) is 0.0909. The van der Waals surface area contributed by atoms with Gasteiger partial charge in [0, 0.05) is 5.02 Å². The Morgan fingerprint density at radius 2 is 1.80 bits per heavy atom. The molecule has 0 aliphatic carbocycles. The molecule has 108 valence electrons. The lowest BCUT2D eigenvalue weighted by Gasteiger charge is -2.11. The molecule has 2 rings (SSSR count). The normalized spacial score (nSPS) is 11.6. The Bertz CT molecular complexity index is 720. The van der Waals surface area contributed by atoms with Crippen LogP contribution >= 0.6 is 46.1 Å². The van der Waals surface area contributed by atoms with Crippen molar-refractivity contribution in [3.8, 4) is 0 Å². The first kappa shape index (κ1) is 15.9. The van der Waals surface area contributed by atoms with Gasteiger partial charge in [-0.3, -0.25) is 4.72 Å². The Hall–Kier alpha value is -0.500. The maximum Gasteiger partial charge on any atom is 0.263 e. The molecule has 0 radical (unpaired) electrons. The SMILES string of the molecule is O=S(=O)(Nc1c(Cl)cc(Cl)cc1Cl)c1ccsc1CO. The van der Waals surface area contributed by atoms with E-state index in [0.717, 1.165) is 11.3 Å². The summed E-state index contributed by atoms with van der Waals surface area (Å²) in [4.78, 5) is 0.325. The van der Waals surface area contributed by atoms with Crippen LogP contribution in [-0.4, -0.2) is 13.5 Å². The average Bonchev–Trinajstić information content (AvgIpc) is 2.83. The molecule has 0 spiro atoms. The van der Waals surface area contributed by atoms with Crippen molar-refractivity contribution in [1.82, 2.24) is 0 Å². The van der Waals surface area contributed by atoms with E-state index in [-0.39, 0.29) is 27.2 Å². The molecule has 2 N–H and O–H groups in total. The van der Waals surface area contributed by atoms with Crippen LogP contribution in [0.4, 0.5) is 5.69 Å². The van der Waals surface area contributed by atoms with E-state index in [4.69, 9.17) is 39.9 Å². The first-order chi connectivity index (χ1) is 9.35. The monoisotopic (exact) mass is 371 g/mol. The number of benzene rings is 1. The first-order valence-electron chi connectivity index (χ1n) is 5.19. The van der Waals surface area contributed by atoms with E-state index < -0.39 is 10.0 Å². The highest BCUT2D eigenvalue weighted by molar-refractivity contribution is 7.93. The molecule has 1 aromatic heterocycles. The van der Waals surface area contributed by atoms with E-state index in [2.05, 4.69) is 4.72 Å². The van der Waals surface area contributed by atoms with E-state index >= 15 is 0 Å². The van der Waals surface area contributed by atoms with Gasteiger partial charge < -0.3 is 5.11 Å². The molecule has 9 heteroatoms. The number of sulfonamides is 1. The number of thiophene rings is 1. The topological polar surface area (TPSA) is 66.4 Å². The van der Waals surface area contributed by atoms with Crippen LogP contribution in [0.5, 0.6) is 0 Å². The maximum absolute atomic E-state index is 12.3. The van der Waals surface area contributed by atoms with Crippen LogP contribution in [-0.2, 0) is 16.6 Å². The zero-order valence-corrected chi connectivity index (χ0v) is 13.6. The molecule has 0 saturated heterocycles. The van der Waals surface area contributed by atoms with Crippen LogP contribution in [0, 0.1) is 0 Å². The van der Waals surface area contributed by atoms with Gasteiger partial charge in [-0.15, -0.1) is 11.3 Å². The summed E-state index contributed by atoms with van der Waals surface area (Å²) in [7, 11) is -3.88. The summed E-state index contributed by atoms with van der Waals surface area (Å²) < 4.78 is 26.8. The summed E-state index contributed by atoms with van der Waals surface area (Å²) in [5.74, 6) is 0. The lowest BCUT2D eigenvalue weighted by Crippen LogP contribution is -2.14. The van der Waals surface area contributed by atoms with Gasteiger partial charge in [0.1, 0.15) is 4.90 Å². The minimum Gasteiger partial charge on any atom is -0.391 e. The molecular weight excluding hydrogens is 365 g/mol. The second-order valence-electron chi connectivity index (χ2n) is 3.72. The average molecular weight is 373 g/mol. The number of aliphatic hydroxyl groups is 1. The lowest BCUT2D eigenvalue weighted by molar-refractivity contribution is 0.282. The Labute approximate surface area is 135 Å². The minimum atomic E-state index is -3.88. The van der Waals surface area contributed by atoms with Gasteiger partial charge >= 0.3 is 0 Å². The van der Waals surface area contributed by atoms with Crippen LogP contribution < -0.4 is 4.72 Å².